The molecule has 7 rings (SSSR count). The van der Waals surface area contributed by atoms with Gasteiger partial charge in [0.25, 0.3) is 0 Å². The predicted octanol–water partition coefficient (Wildman–Crippen LogP) is 7.87. The summed E-state index contributed by atoms with van der Waals surface area (Å²) in [6, 6.07) is 41.4. The maximum absolute atomic E-state index is 5.17. The van der Waals surface area contributed by atoms with Crippen LogP contribution in [0.4, 0.5) is 17.3 Å². The van der Waals surface area contributed by atoms with E-state index in [0.29, 0.717) is 0 Å². The summed E-state index contributed by atoms with van der Waals surface area (Å²) in [4.78, 5) is 14.6. The third kappa shape index (κ3) is 3.85. The minimum Gasteiger partial charge on any atom is -0.326 e. The summed E-state index contributed by atoms with van der Waals surface area (Å²) in [6.45, 7) is 0. The number of aromatic nitrogens is 3. The van der Waals surface area contributed by atoms with Crippen LogP contribution >= 0.6 is 11.8 Å². The molecule has 0 bridgehead atoms. The normalized spacial score (nSPS) is 12.1. The smallest absolute Gasteiger partial charge is 0.326 e. The Bertz CT molecular complexity index is 1700. The van der Waals surface area contributed by atoms with Gasteiger partial charge in [-0.05, 0) is 42.2 Å². The fourth-order valence-electron chi connectivity index (χ4n) is 4.45. The average molecular weight is 665 g/mol. The molecule has 4 heterocycles. The number of pyridine rings is 2. The first-order valence-electron chi connectivity index (χ1n) is 11.4. The molecular formula is C30H20N4PtS. The van der Waals surface area contributed by atoms with Gasteiger partial charge in [-0.15, -0.1) is 41.3 Å². The summed E-state index contributed by atoms with van der Waals surface area (Å²) in [5.41, 5.74) is 3.92. The van der Waals surface area contributed by atoms with Gasteiger partial charge in [0.05, 0.1) is 10.6 Å². The van der Waals surface area contributed by atoms with Crippen LogP contribution in [0.25, 0.3) is 28.0 Å². The fourth-order valence-corrected chi connectivity index (χ4v) is 5.46. The summed E-state index contributed by atoms with van der Waals surface area (Å²) < 4.78 is 2.09. The van der Waals surface area contributed by atoms with Crippen LogP contribution in [0, 0.1) is 12.1 Å². The quantitative estimate of drug-likeness (QED) is 0.180. The van der Waals surface area contributed by atoms with E-state index in [4.69, 9.17) is 9.97 Å². The number of rotatable bonds is 3. The number of benzene rings is 3. The number of fused-ring (bicyclic) bond motifs is 3. The molecule has 0 saturated carbocycles. The van der Waals surface area contributed by atoms with Gasteiger partial charge >= 0.3 is 21.1 Å². The molecule has 1 aliphatic rings. The summed E-state index contributed by atoms with van der Waals surface area (Å²) in [7, 11) is 0. The molecule has 3 aromatic carbocycles. The van der Waals surface area contributed by atoms with Gasteiger partial charge in [-0.2, -0.15) is 24.3 Å². The zero-order valence-corrected chi connectivity index (χ0v) is 22.0. The second-order valence-electron chi connectivity index (χ2n) is 8.21. The molecule has 3 aromatic heterocycles. The van der Waals surface area contributed by atoms with Crippen molar-refractivity contribution in [2.75, 3.05) is 4.90 Å². The van der Waals surface area contributed by atoms with Gasteiger partial charge in [0.15, 0.2) is 5.82 Å². The molecule has 4 nitrogen and oxygen atoms in total. The maximum atomic E-state index is 5.17. The zero-order chi connectivity index (χ0) is 23.2. The molecular weight excluding hydrogens is 644 g/mol. The first-order chi connectivity index (χ1) is 17.3. The van der Waals surface area contributed by atoms with Gasteiger partial charge < -0.3 is 4.57 Å². The number of anilines is 3. The van der Waals surface area contributed by atoms with Crippen LogP contribution in [0.1, 0.15) is 1.43 Å². The van der Waals surface area contributed by atoms with Crippen molar-refractivity contribution in [3.05, 3.63) is 121 Å². The van der Waals surface area contributed by atoms with Crippen LogP contribution in [0.5, 0.6) is 0 Å². The SMILES string of the molecule is [2HH].[Pt+2].[c-]1ccccc1-c1cccc(N2c3ccccc3Sc3ccc(-n4ccc5ccc[c-]c54)nc32)n1. The molecule has 6 heteroatoms. The van der Waals surface area contributed by atoms with Crippen molar-refractivity contribution in [2.45, 2.75) is 9.79 Å². The van der Waals surface area contributed by atoms with Gasteiger partial charge in [-0.3, -0.25) is 9.88 Å². The van der Waals surface area contributed by atoms with Crippen LogP contribution in [0.2, 0.25) is 0 Å². The Labute approximate surface area is 229 Å². The van der Waals surface area contributed by atoms with Crippen LogP contribution in [-0.4, -0.2) is 14.5 Å². The molecule has 0 radical (unpaired) electrons. The summed E-state index contributed by atoms with van der Waals surface area (Å²) in [5.74, 6) is 2.53. The van der Waals surface area contributed by atoms with Gasteiger partial charge in [0, 0.05) is 6.32 Å². The van der Waals surface area contributed by atoms with E-state index < -0.39 is 0 Å². The Morgan fingerprint density at radius 1 is 0.694 bits per heavy atom. The van der Waals surface area contributed by atoms with E-state index in [2.05, 4.69) is 70.1 Å². The first kappa shape index (κ1) is 22.8. The third-order valence-electron chi connectivity index (χ3n) is 6.07. The first-order valence-corrected chi connectivity index (χ1v) is 12.2. The van der Waals surface area contributed by atoms with Crippen LogP contribution in [0.3, 0.4) is 0 Å². The van der Waals surface area contributed by atoms with Gasteiger partial charge in [-0.25, -0.2) is 4.98 Å². The van der Waals surface area contributed by atoms with E-state index in [0.717, 1.165) is 50.2 Å². The van der Waals surface area contributed by atoms with Crippen LogP contribution in [-0.2, 0) is 21.1 Å². The summed E-state index contributed by atoms with van der Waals surface area (Å²) in [6.07, 6.45) is 2.05. The number of para-hydroxylation sites is 2. The molecule has 0 N–H and O–H groups in total. The number of hydrogen-bond donors (Lipinski definition) is 0. The average Bonchev–Trinajstić information content (AvgIpc) is 3.36. The van der Waals surface area contributed by atoms with E-state index >= 15 is 0 Å². The van der Waals surface area contributed by atoms with Crippen molar-refractivity contribution in [3.63, 3.8) is 0 Å². The molecule has 0 atom stereocenters. The van der Waals surface area contributed by atoms with Crippen molar-refractivity contribution in [1.82, 2.24) is 14.5 Å². The Morgan fingerprint density at radius 3 is 2.50 bits per heavy atom. The summed E-state index contributed by atoms with van der Waals surface area (Å²) >= 11 is 1.74. The topological polar surface area (TPSA) is 34.0 Å². The molecule has 1 aliphatic heterocycles. The third-order valence-corrected chi connectivity index (χ3v) is 7.17. The van der Waals surface area contributed by atoms with Crippen molar-refractivity contribution in [1.29, 1.82) is 0 Å². The molecule has 0 saturated heterocycles. The fraction of sp³-hybridized carbons (Fsp3) is 0. The van der Waals surface area contributed by atoms with Gasteiger partial charge in [0.2, 0.25) is 0 Å². The molecule has 176 valence electrons. The van der Waals surface area contributed by atoms with Crippen molar-refractivity contribution in [3.8, 4) is 17.1 Å². The number of nitrogens with zero attached hydrogens (tertiary/aromatic N) is 4. The minimum absolute atomic E-state index is 0. The molecule has 0 spiro atoms. The molecule has 6 aromatic rings. The molecule has 0 unspecified atom stereocenters. The molecule has 0 fully saturated rings. The van der Waals surface area contributed by atoms with E-state index in [9.17, 15) is 0 Å². The predicted molar refractivity (Wildman–Crippen MR) is 143 cm³/mol. The van der Waals surface area contributed by atoms with E-state index in [-0.39, 0.29) is 22.5 Å². The Balaban J connectivity index is 0.00000140. The van der Waals surface area contributed by atoms with Crippen LogP contribution in [0.15, 0.2) is 119 Å². The Hall–Kier alpha value is -3.66. The van der Waals surface area contributed by atoms with Crippen molar-refractivity contribution < 1.29 is 22.5 Å². The molecule has 0 amide bonds. The number of hydrogen-bond acceptors (Lipinski definition) is 4. The largest absolute Gasteiger partial charge is 2.00 e. The Kier molecular flexibility index (Phi) is 5.96. The van der Waals surface area contributed by atoms with E-state index in [1.165, 1.54) is 4.90 Å². The van der Waals surface area contributed by atoms with E-state index in [1.54, 1.807) is 11.8 Å². The molecule has 0 aliphatic carbocycles. The maximum Gasteiger partial charge on any atom is 2.00 e. The Morgan fingerprint density at radius 2 is 1.58 bits per heavy atom. The van der Waals surface area contributed by atoms with Crippen molar-refractivity contribution >= 4 is 40.0 Å². The molecule has 36 heavy (non-hydrogen) atoms. The van der Waals surface area contributed by atoms with Gasteiger partial charge in [0.1, 0.15) is 11.6 Å². The minimum atomic E-state index is 0. The van der Waals surface area contributed by atoms with E-state index in [1.807, 2.05) is 60.8 Å². The zero-order valence-electron chi connectivity index (χ0n) is 18.9. The summed E-state index contributed by atoms with van der Waals surface area (Å²) in [5, 5.41) is 1.14. The van der Waals surface area contributed by atoms with Crippen molar-refractivity contribution in [2.24, 2.45) is 0 Å². The second kappa shape index (κ2) is 9.42. The second-order valence-corrected chi connectivity index (χ2v) is 9.30. The standard InChI is InChI=1S/C30H18N4S.Pt.H2/c1-2-9-21(10-3-1)23-12-8-16-29(31-23)34-25-14-6-7-15-26(25)35-27-17-18-28(32-30(27)34)33-20-19-22-11-4-5-13-24(22)33;;/h1-9,11-12,14-20H;;1H/q-2;+2;/i;;1+1. The van der Waals surface area contributed by atoms with Gasteiger partial charge in [-0.1, -0.05) is 47.6 Å². The monoisotopic (exact) mass is 664 g/mol. The van der Waals surface area contributed by atoms with Crippen LogP contribution < -0.4 is 4.90 Å².